The van der Waals surface area contributed by atoms with Crippen molar-refractivity contribution in [2.24, 2.45) is 5.92 Å². The molecule has 144 valence electrons. The summed E-state index contributed by atoms with van der Waals surface area (Å²) >= 11 is 0. The molecule has 1 N–H and O–H groups in total. The number of hydrogen-bond acceptors (Lipinski definition) is 4. The summed E-state index contributed by atoms with van der Waals surface area (Å²) < 4.78 is 44.3. The number of halogens is 3. The Morgan fingerprint density at radius 3 is 2.48 bits per heavy atom. The number of nitrogens with one attached hydrogen (secondary N) is 1. The number of imide groups is 1. The van der Waals surface area contributed by atoms with Crippen LogP contribution in [-0.2, 0) is 11.0 Å². The molecule has 0 radical (unpaired) electrons. The van der Waals surface area contributed by atoms with Gasteiger partial charge in [-0.25, -0.2) is 9.69 Å². The van der Waals surface area contributed by atoms with Gasteiger partial charge in [-0.05, 0) is 19.1 Å². The van der Waals surface area contributed by atoms with Crippen molar-refractivity contribution < 1.29 is 32.5 Å². The van der Waals surface area contributed by atoms with Gasteiger partial charge in [0.05, 0.1) is 18.7 Å². The highest BCUT2D eigenvalue weighted by molar-refractivity contribution is 6.17. The first-order chi connectivity index (χ1) is 12.6. The van der Waals surface area contributed by atoms with E-state index >= 15 is 0 Å². The molecule has 0 aromatic heterocycles. The number of carbonyl (C=O) groups excluding carboxylic acids is 2. The highest BCUT2D eigenvalue weighted by atomic mass is 19.4. The number of rotatable bonds is 4. The largest absolute Gasteiger partial charge is 0.489 e. The third-order valence-electron chi connectivity index (χ3n) is 3.99. The molecule has 2 atom stereocenters. The summed E-state index contributed by atoms with van der Waals surface area (Å²) in [7, 11) is 2.66. The van der Waals surface area contributed by atoms with E-state index in [4.69, 9.17) is 4.74 Å². The lowest BCUT2D eigenvalue weighted by Gasteiger charge is -2.27. The second kappa shape index (κ2) is 7.65. The molecule has 1 aliphatic heterocycles. The number of para-hydroxylation sites is 1. The predicted octanol–water partition coefficient (Wildman–Crippen LogP) is 0.615. The molecular weight excluding hydrogens is 365 g/mol. The topological polar surface area (TPSA) is 87.6 Å². The summed E-state index contributed by atoms with van der Waals surface area (Å²) in [5.74, 6) is -2.17. The van der Waals surface area contributed by atoms with Gasteiger partial charge >= 0.3 is 12.2 Å². The van der Waals surface area contributed by atoms with Gasteiger partial charge in [0.15, 0.2) is 0 Å². The molecule has 7 nitrogen and oxygen atoms in total. The van der Waals surface area contributed by atoms with Crippen molar-refractivity contribution in [2.45, 2.75) is 19.1 Å². The molecule has 1 heterocycles. The molecule has 1 saturated heterocycles. The Morgan fingerprint density at radius 2 is 1.89 bits per heavy atom. The number of carbonyl (C=O) groups is 2. The van der Waals surface area contributed by atoms with Crippen molar-refractivity contribution >= 4 is 17.8 Å². The normalized spacial score (nSPS) is 20.6. The summed E-state index contributed by atoms with van der Waals surface area (Å²) in [6.07, 6.45) is -4.55. The summed E-state index contributed by atoms with van der Waals surface area (Å²) in [6.45, 7) is 1.42. The lowest BCUT2D eigenvalue weighted by atomic mass is 10.1. The van der Waals surface area contributed by atoms with E-state index in [2.05, 4.69) is 4.99 Å². The zero-order chi connectivity index (χ0) is 20.4. The molecule has 1 aromatic carbocycles. The number of ether oxygens (including phenoxy) is 1. The fraction of sp³-hybridized carbons (Fsp3) is 0.412. The Labute approximate surface area is 153 Å². The molecule has 0 saturated carbocycles. The first-order valence-electron chi connectivity index (χ1n) is 7.95. The van der Waals surface area contributed by atoms with Crippen LogP contribution in [0, 0.1) is 17.2 Å². The van der Waals surface area contributed by atoms with Crippen LogP contribution in [0.3, 0.4) is 0 Å². The Balaban J connectivity index is 2.19. The fourth-order valence-electron chi connectivity index (χ4n) is 2.56. The minimum atomic E-state index is -4.55. The van der Waals surface area contributed by atoms with Crippen molar-refractivity contribution in [3.05, 3.63) is 29.8 Å². The molecule has 27 heavy (non-hydrogen) atoms. The van der Waals surface area contributed by atoms with Gasteiger partial charge in [0.1, 0.15) is 18.4 Å². The minimum Gasteiger partial charge on any atom is -0.489 e. The molecule has 1 aromatic rings. The van der Waals surface area contributed by atoms with Gasteiger partial charge in [-0.1, -0.05) is 12.1 Å². The Kier molecular flexibility index (Phi) is 5.73. The Bertz CT molecular complexity index is 816. The number of benzene rings is 1. The van der Waals surface area contributed by atoms with Gasteiger partial charge in [0.2, 0.25) is 5.92 Å². The van der Waals surface area contributed by atoms with E-state index < -0.39 is 35.6 Å². The van der Waals surface area contributed by atoms with Crippen LogP contribution in [0.5, 0.6) is 5.75 Å². The average molecular weight is 383 g/mol. The van der Waals surface area contributed by atoms with E-state index in [1.807, 2.05) is 6.07 Å². The quantitative estimate of drug-likeness (QED) is 0.826. The lowest BCUT2D eigenvalue weighted by Crippen LogP contribution is -2.86. The predicted molar refractivity (Wildman–Crippen MR) is 87.4 cm³/mol. The third-order valence-corrected chi connectivity index (χ3v) is 3.99. The molecule has 2 unspecified atom stereocenters. The molecular formula is C17H18F3N4O3+. The number of alkyl halides is 3. The summed E-state index contributed by atoms with van der Waals surface area (Å²) in [5, 5.41) is 9.25. The standard InChI is InChI=1S/C17H17F3N4O3/c1-10(9-27-13-7-5-4-6-12(13)17(18,19)20)22-14-11(8-21)15(25)24(3)16(26)23(14)2/h4-7,10-11H,9H2,1-3H3/p+1. The second-order valence-corrected chi connectivity index (χ2v) is 6.04. The van der Waals surface area contributed by atoms with Gasteiger partial charge in [-0.2, -0.15) is 23.3 Å². The maximum Gasteiger partial charge on any atom is 0.419 e. The van der Waals surface area contributed by atoms with Crippen LogP contribution in [0.25, 0.3) is 0 Å². The summed E-state index contributed by atoms with van der Waals surface area (Å²) in [5.41, 5.74) is -0.901. The smallest absolute Gasteiger partial charge is 0.419 e. The summed E-state index contributed by atoms with van der Waals surface area (Å²) in [6, 6.07) is 5.42. The van der Waals surface area contributed by atoms with Gasteiger partial charge < -0.3 is 4.74 Å². The van der Waals surface area contributed by atoms with E-state index in [1.54, 1.807) is 6.92 Å². The highest BCUT2D eigenvalue weighted by Crippen LogP contribution is 2.35. The lowest BCUT2D eigenvalue weighted by molar-refractivity contribution is -0.507. The third kappa shape index (κ3) is 4.19. The molecule has 0 aliphatic carbocycles. The van der Waals surface area contributed by atoms with Crippen molar-refractivity contribution in [2.75, 3.05) is 20.7 Å². The van der Waals surface area contributed by atoms with Gasteiger partial charge in [0.25, 0.3) is 11.7 Å². The monoisotopic (exact) mass is 383 g/mol. The number of amides is 3. The minimum absolute atomic E-state index is 0.0609. The maximum absolute atomic E-state index is 13.0. The first kappa shape index (κ1) is 20.2. The molecule has 2 rings (SSSR count). The molecule has 1 fully saturated rings. The van der Waals surface area contributed by atoms with Crippen molar-refractivity contribution in [1.82, 2.24) is 9.80 Å². The van der Waals surface area contributed by atoms with Crippen LogP contribution >= 0.6 is 0 Å². The fourth-order valence-corrected chi connectivity index (χ4v) is 2.56. The number of hydrogen-bond donors (Lipinski definition) is 1. The Hall–Kier alpha value is -3.09. The van der Waals surface area contributed by atoms with Gasteiger partial charge in [0, 0.05) is 7.05 Å². The number of nitrogens with zero attached hydrogens (tertiary/aromatic N) is 3. The van der Waals surface area contributed by atoms with Crippen LogP contribution < -0.4 is 9.73 Å². The second-order valence-electron chi connectivity index (χ2n) is 6.04. The first-order valence-corrected chi connectivity index (χ1v) is 7.95. The van der Waals surface area contributed by atoms with Gasteiger partial charge in [-0.3, -0.25) is 9.79 Å². The number of nitriles is 1. The van der Waals surface area contributed by atoms with E-state index in [0.717, 1.165) is 15.9 Å². The SMILES string of the molecule is CC(COc1ccccc1C(F)(F)F)[NH+]=C1C(C#N)C(=O)N(C)C(=O)N1C. The molecule has 0 spiro atoms. The van der Waals surface area contributed by atoms with Crippen LogP contribution in [0.1, 0.15) is 12.5 Å². The average Bonchev–Trinajstić information content (AvgIpc) is 2.62. The number of amidine groups is 1. The van der Waals surface area contributed by atoms with Crippen molar-refractivity contribution in [3.63, 3.8) is 0 Å². The number of urea groups is 1. The Morgan fingerprint density at radius 1 is 1.26 bits per heavy atom. The molecule has 10 heteroatoms. The van der Waals surface area contributed by atoms with Crippen molar-refractivity contribution in [3.8, 4) is 11.8 Å². The zero-order valence-corrected chi connectivity index (χ0v) is 14.9. The van der Waals surface area contributed by atoms with Crippen LogP contribution in [0.15, 0.2) is 24.3 Å². The van der Waals surface area contributed by atoms with Crippen LogP contribution in [-0.4, -0.2) is 54.3 Å². The molecule has 0 bridgehead atoms. The van der Waals surface area contributed by atoms with E-state index in [1.165, 1.54) is 32.3 Å². The maximum atomic E-state index is 13.0. The van der Waals surface area contributed by atoms with Gasteiger partial charge in [-0.15, -0.1) is 0 Å². The van der Waals surface area contributed by atoms with Crippen LogP contribution in [0.4, 0.5) is 18.0 Å². The van der Waals surface area contributed by atoms with Crippen LogP contribution in [0.2, 0.25) is 0 Å². The summed E-state index contributed by atoms with van der Waals surface area (Å²) in [4.78, 5) is 28.9. The molecule has 1 aliphatic rings. The van der Waals surface area contributed by atoms with E-state index in [-0.39, 0.29) is 18.2 Å². The van der Waals surface area contributed by atoms with E-state index in [9.17, 15) is 28.0 Å². The van der Waals surface area contributed by atoms with Crippen molar-refractivity contribution in [1.29, 1.82) is 5.26 Å². The zero-order valence-electron chi connectivity index (χ0n) is 14.9. The highest BCUT2D eigenvalue weighted by Gasteiger charge is 2.47. The van der Waals surface area contributed by atoms with E-state index in [0.29, 0.717) is 0 Å². The molecule has 3 amide bonds.